The number of sulfonamides is 1. The minimum atomic E-state index is -3.82. The van der Waals surface area contributed by atoms with E-state index < -0.39 is 16.0 Å². The fraction of sp³-hybridized carbons (Fsp3) is 0.533. The summed E-state index contributed by atoms with van der Waals surface area (Å²) in [6.07, 6.45) is 3.75. The zero-order valence-electron chi connectivity index (χ0n) is 12.3. The summed E-state index contributed by atoms with van der Waals surface area (Å²) in [6, 6.07) is 4.25. The Morgan fingerprint density at radius 2 is 1.86 bits per heavy atom. The van der Waals surface area contributed by atoms with Crippen LogP contribution in [0.5, 0.6) is 0 Å². The molecule has 1 aliphatic rings. The van der Waals surface area contributed by atoms with Gasteiger partial charge in [0.25, 0.3) is 0 Å². The lowest BCUT2D eigenvalue weighted by Crippen LogP contribution is -2.24. The lowest BCUT2D eigenvalue weighted by molar-refractivity contribution is 0.0173. The highest BCUT2D eigenvalue weighted by atomic mass is 32.2. The number of ether oxygens (including phenoxy) is 1. The molecule has 0 unspecified atom stereocenters. The number of esters is 1. The van der Waals surface area contributed by atoms with Crippen molar-refractivity contribution in [2.75, 3.05) is 0 Å². The second-order valence-corrected chi connectivity index (χ2v) is 7.37. The molecule has 1 saturated carbocycles. The Bertz CT molecular complexity index is 631. The van der Waals surface area contributed by atoms with Crippen molar-refractivity contribution in [3.05, 3.63) is 29.3 Å². The van der Waals surface area contributed by atoms with E-state index in [0.717, 1.165) is 25.7 Å². The van der Waals surface area contributed by atoms with E-state index in [-0.39, 0.29) is 16.6 Å². The molecular formula is C15H21NO4S. The summed E-state index contributed by atoms with van der Waals surface area (Å²) in [5, 5.41) is 5.10. The van der Waals surface area contributed by atoms with Crippen LogP contribution in [0.3, 0.4) is 0 Å². The van der Waals surface area contributed by atoms with Crippen molar-refractivity contribution < 1.29 is 17.9 Å². The molecule has 0 atom stereocenters. The maximum atomic E-state index is 12.2. The van der Waals surface area contributed by atoms with E-state index in [1.165, 1.54) is 12.1 Å². The van der Waals surface area contributed by atoms with Crippen molar-refractivity contribution >= 4 is 16.0 Å². The standard InChI is InChI=1S/C15H21NO4S/c1-10-3-6-12(7-4-10)20-15(17)14-9-13(21(16,18)19)8-5-11(14)2/h5,8-10,12H,3-4,6-7H2,1-2H3,(H2,16,18,19). The van der Waals surface area contributed by atoms with Crippen LogP contribution in [0.4, 0.5) is 0 Å². The van der Waals surface area contributed by atoms with Gasteiger partial charge in [-0.25, -0.2) is 18.4 Å². The fourth-order valence-corrected chi connectivity index (χ4v) is 3.10. The first kappa shape index (κ1) is 16.0. The molecule has 0 spiro atoms. The summed E-state index contributed by atoms with van der Waals surface area (Å²) in [4.78, 5) is 12.2. The maximum absolute atomic E-state index is 12.2. The number of nitrogens with two attached hydrogens (primary N) is 1. The molecule has 21 heavy (non-hydrogen) atoms. The van der Waals surface area contributed by atoms with E-state index >= 15 is 0 Å². The third-order valence-electron chi connectivity index (χ3n) is 3.99. The second-order valence-electron chi connectivity index (χ2n) is 5.81. The Morgan fingerprint density at radius 3 is 2.43 bits per heavy atom. The van der Waals surface area contributed by atoms with Gasteiger partial charge in [-0.05, 0) is 56.2 Å². The number of carbonyl (C=O) groups is 1. The van der Waals surface area contributed by atoms with Gasteiger partial charge in [0.15, 0.2) is 0 Å². The van der Waals surface area contributed by atoms with Crippen LogP contribution < -0.4 is 5.14 Å². The molecule has 2 N–H and O–H groups in total. The van der Waals surface area contributed by atoms with Crippen molar-refractivity contribution in [1.29, 1.82) is 0 Å². The first-order valence-corrected chi connectivity index (χ1v) is 8.66. The molecule has 1 aromatic rings. The molecule has 0 amide bonds. The SMILES string of the molecule is Cc1ccc(S(N)(=O)=O)cc1C(=O)OC1CCC(C)CC1. The highest BCUT2D eigenvalue weighted by Crippen LogP contribution is 2.26. The van der Waals surface area contributed by atoms with Gasteiger partial charge in [-0.2, -0.15) is 0 Å². The Morgan fingerprint density at radius 1 is 1.24 bits per heavy atom. The molecule has 0 aliphatic heterocycles. The average Bonchev–Trinajstić information content (AvgIpc) is 2.40. The monoisotopic (exact) mass is 311 g/mol. The van der Waals surface area contributed by atoms with Crippen LogP contribution in [-0.2, 0) is 14.8 Å². The van der Waals surface area contributed by atoms with Gasteiger partial charge < -0.3 is 4.74 Å². The van der Waals surface area contributed by atoms with Crippen LogP contribution in [0.15, 0.2) is 23.1 Å². The average molecular weight is 311 g/mol. The molecule has 2 rings (SSSR count). The smallest absolute Gasteiger partial charge is 0.338 e. The minimum absolute atomic E-state index is 0.0719. The Kier molecular flexibility index (Phi) is 4.68. The highest BCUT2D eigenvalue weighted by Gasteiger charge is 2.23. The molecule has 5 nitrogen and oxygen atoms in total. The van der Waals surface area contributed by atoms with Crippen molar-refractivity contribution in [2.45, 2.75) is 50.5 Å². The molecule has 116 valence electrons. The van der Waals surface area contributed by atoms with Gasteiger partial charge in [0, 0.05) is 0 Å². The lowest BCUT2D eigenvalue weighted by atomic mass is 9.89. The largest absolute Gasteiger partial charge is 0.459 e. The van der Waals surface area contributed by atoms with Crippen molar-refractivity contribution in [2.24, 2.45) is 11.1 Å². The molecular weight excluding hydrogens is 290 g/mol. The van der Waals surface area contributed by atoms with Gasteiger partial charge >= 0.3 is 5.97 Å². The Labute approximate surface area is 125 Å². The topological polar surface area (TPSA) is 86.5 Å². The number of hydrogen-bond donors (Lipinski definition) is 1. The molecule has 0 aromatic heterocycles. The summed E-state index contributed by atoms with van der Waals surface area (Å²) in [5.74, 6) is 0.199. The zero-order valence-corrected chi connectivity index (χ0v) is 13.2. The van der Waals surface area contributed by atoms with Gasteiger partial charge in [0.1, 0.15) is 6.10 Å². The van der Waals surface area contributed by atoms with E-state index in [4.69, 9.17) is 9.88 Å². The maximum Gasteiger partial charge on any atom is 0.338 e. The van der Waals surface area contributed by atoms with Crippen LogP contribution in [0.25, 0.3) is 0 Å². The number of primary sulfonamides is 1. The summed E-state index contributed by atoms with van der Waals surface area (Å²) in [6.45, 7) is 3.93. The molecule has 1 aromatic carbocycles. The number of aryl methyl sites for hydroxylation is 1. The highest BCUT2D eigenvalue weighted by molar-refractivity contribution is 7.89. The summed E-state index contributed by atoms with van der Waals surface area (Å²) in [7, 11) is -3.82. The van der Waals surface area contributed by atoms with Gasteiger partial charge in [-0.3, -0.25) is 0 Å². The predicted octanol–water partition coefficient (Wildman–Crippen LogP) is 2.38. The van der Waals surface area contributed by atoms with Crippen LogP contribution in [0, 0.1) is 12.8 Å². The Hall–Kier alpha value is -1.40. The quantitative estimate of drug-likeness (QED) is 0.868. The van der Waals surface area contributed by atoms with E-state index in [1.54, 1.807) is 13.0 Å². The van der Waals surface area contributed by atoms with Gasteiger partial charge in [0.2, 0.25) is 10.0 Å². The number of carbonyl (C=O) groups excluding carboxylic acids is 1. The third-order valence-corrected chi connectivity index (χ3v) is 4.91. The van der Waals surface area contributed by atoms with E-state index in [1.807, 2.05) is 0 Å². The Balaban J connectivity index is 2.15. The third kappa shape index (κ3) is 4.04. The molecule has 1 aliphatic carbocycles. The molecule has 6 heteroatoms. The first-order valence-electron chi connectivity index (χ1n) is 7.12. The summed E-state index contributed by atoms with van der Waals surface area (Å²) >= 11 is 0. The van der Waals surface area contributed by atoms with E-state index in [2.05, 4.69) is 6.92 Å². The lowest BCUT2D eigenvalue weighted by Gasteiger charge is -2.26. The summed E-state index contributed by atoms with van der Waals surface area (Å²) < 4.78 is 28.2. The normalized spacial score (nSPS) is 22.8. The summed E-state index contributed by atoms with van der Waals surface area (Å²) in [5.41, 5.74) is 0.941. The first-order chi connectivity index (χ1) is 9.77. The number of rotatable bonds is 3. The van der Waals surface area contributed by atoms with Crippen LogP contribution in [0.2, 0.25) is 0 Å². The zero-order chi connectivity index (χ0) is 15.6. The van der Waals surface area contributed by atoms with Gasteiger partial charge in [-0.1, -0.05) is 13.0 Å². The van der Waals surface area contributed by atoms with Crippen molar-refractivity contribution in [3.63, 3.8) is 0 Å². The number of hydrogen-bond acceptors (Lipinski definition) is 4. The molecule has 0 heterocycles. The molecule has 1 fully saturated rings. The molecule has 0 bridgehead atoms. The van der Waals surface area contributed by atoms with Crippen LogP contribution in [-0.4, -0.2) is 20.5 Å². The number of benzene rings is 1. The van der Waals surface area contributed by atoms with Crippen LogP contribution in [0.1, 0.15) is 48.5 Å². The second kappa shape index (κ2) is 6.15. The predicted molar refractivity (Wildman–Crippen MR) is 79.4 cm³/mol. The van der Waals surface area contributed by atoms with E-state index in [0.29, 0.717) is 11.5 Å². The van der Waals surface area contributed by atoms with Gasteiger partial charge in [-0.15, -0.1) is 0 Å². The van der Waals surface area contributed by atoms with Gasteiger partial charge in [0.05, 0.1) is 10.5 Å². The fourth-order valence-electron chi connectivity index (χ4n) is 2.56. The minimum Gasteiger partial charge on any atom is -0.459 e. The molecule has 0 saturated heterocycles. The van der Waals surface area contributed by atoms with Crippen LogP contribution >= 0.6 is 0 Å². The van der Waals surface area contributed by atoms with Crippen molar-refractivity contribution in [1.82, 2.24) is 0 Å². The molecule has 0 radical (unpaired) electrons. The van der Waals surface area contributed by atoms with E-state index in [9.17, 15) is 13.2 Å². The van der Waals surface area contributed by atoms with Crippen molar-refractivity contribution in [3.8, 4) is 0 Å².